The largest absolute Gasteiger partial charge is 0.126 e. The molecular formula is C9H19Cl. The van der Waals surface area contributed by atoms with Crippen molar-refractivity contribution >= 4 is 11.6 Å². The fourth-order valence-electron chi connectivity index (χ4n) is 1.14. The van der Waals surface area contributed by atoms with E-state index in [2.05, 4.69) is 27.7 Å². The third-order valence-electron chi connectivity index (χ3n) is 2.12. The molecule has 1 heteroatoms. The maximum Gasteiger partial charge on any atom is 0.0249 e. The van der Waals surface area contributed by atoms with E-state index in [4.69, 9.17) is 11.6 Å². The highest BCUT2D eigenvalue weighted by molar-refractivity contribution is 6.18. The molecule has 0 aromatic carbocycles. The van der Waals surface area contributed by atoms with Gasteiger partial charge in [0.05, 0.1) is 0 Å². The smallest absolute Gasteiger partial charge is 0.0249 e. The Morgan fingerprint density at radius 2 is 1.90 bits per heavy atom. The molecule has 0 aliphatic heterocycles. The Morgan fingerprint density at radius 1 is 1.40 bits per heavy atom. The molecule has 1 unspecified atom stereocenters. The summed E-state index contributed by atoms with van der Waals surface area (Å²) in [6.07, 6.45) is 2.49. The van der Waals surface area contributed by atoms with Gasteiger partial charge in [-0.25, -0.2) is 0 Å². The Hall–Kier alpha value is 0.290. The zero-order valence-electron chi connectivity index (χ0n) is 7.58. The molecule has 0 aliphatic carbocycles. The van der Waals surface area contributed by atoms with Crippen molar-refractivity contribution in [2.24, 2.45) is 11.3 Å². The average Bonchev–Trinajstić information content (AvgIpc) is 1.87. The second kappa shape index (κ2) is 4.23. The molecule has 0 bridgehead atoms. The second-order valence-electron chi connectivity index (χ2n) is 3.98. The van der Waals surface area contributed by atoms with Crippen LogP contribution in [0.15, 0.2) is 0 Å². The molecule has 1 atom stereocenters. The van der Waals surface area contributed by atoms with Gasteiger partial charge in [-0.15, -0.1) is 11.6 Å². The molecule has 0 saturated carbocycles. The Bertz CT molecular complexity index is 86.7. The van der Waals surface area contributed by atoms with Gasteiger partial charge in [-0.3, -0.25) is 0 Å². The standard InChI is InChI=1S/C9H19Cl/c1-5-9(3,4)6-8(2)7-10/h8H,5-7H2,1-4H3. The molecule has 0 rings (SSSR count). The molecule has 10 heavy (non-hydrogen) atoms. The SMILES string of the molecule is CCC(C)(C)CC(C)CCl. The molecule has 0 amide bonds. The molecule has 0 aliphatic rings. The summed E-state index contributed by atoms with van der Waals surface area (Å²) in [5.74, 6) is 1.46. The normalized spacial score (nSPS) is 15.3. The van der Waals surface area contributed by atoms with Gasteiger partial charge >= 0.3 is 0 Å². The maximum atomic E-state index is 5.72. The summed E-state index contributed by atoms with van der Waals surface area (Å²) < 4.78 is 0. The second-order valence-corrected chi connectivity index (χ2v) is 4.29. The minimum absolute atomic E-state index is 0.480. The van der Waals surface area contributed by atoms with Crippen molar-refractivity contribution in [3.63, 3.8) is 0 Å². The molecule has 0 heterocycles. The quantitative estimate of drug-likeness (QED) is 0.554. The topological polar surface area (TPSA) is 0 Å². The molecule has 0 aromatic rings. The lowest BCUT2D eigenvalue weighted by molar-refractivity contribution is 0.278. The van der Waals surface area contributed by atoms with Crippen LogP contribution in [-0.2, 0) is 0 Å². The zero-order valence-corrected chi connectivity index (χ0v) is 8.33. The van der Waals surface area contributed by atoms with Crippen LogP contribution >= 0.6 is 11.6 Å². The molecular weight excluding hydrogens is 144 g/mol. The van der Waals surface area contributed by atoms with E-state index in [9.17, 15) is 0 Å². The summed E-state index contributed by atoms with van der Waals surface area (Å²) in [6.45, 7) is 9.05. The Kier molecular flexibility index (Phi) is 4.35. The maximum absolute atomic E-state index is 5.72. The van der Waals surface area contributed by atoms with E-state index in [-0.39, 0.29) is 0 Å². The van der Waals surface area contributed by atoms with Gasteiger partial charge in [0.1, 0.15) is 0 Å². The van der Waals surface area contributed by atoms with Crippen LogP contribution in [-0.4, -0.2) is 5.88 Å². The van der Waals surface area contributed by atoms with Crippen LogP contribution in [0.25, 0.3) is 0 Å². The number of hydrogen-bond acceptors (Lipinski definition) is 0. The van der Waals surface area contributed by atoms with Crippen molar-refractivity contribution in [1.29, 1.82) is 0 Å². The first-order valence-corrected chi connectivity index (χ1v) is 4.61. The first-order valence-electron chi connectivity index (χ1n) is 4.08. The van der Waals surface area contributed by atoms with Gasteiger partial charge in [-0.1, -0.05) is 34.1 Å². The average molecular weight is 163 g/mol. The van der Waals surface area contributed by atoms with Gasteiger partial charge < -0.3 is 0 Å². The predicted molar refractivity (Wildman–Crippen MR) is 48.6 cm³/mol. The summed E-state index contributed by atoms with van der Waals surface area (Å²) in [6, 6.07) is 0. The lowest BCUT2D eigenvalue weighted by atomic mass is 9.82. The number of halogens is 1. The summed E-state index contributed by atoms with van der Waals surface area (Å²) in [4.78, 5) is 0. The summed E-state index contributed by atoms with van der Waals surface area (Å²) in [7, 11) is 0. The number of rotatable bonds is 4. The molecule has 62 valence electrons. The van der Waals surface area contributed by atoms with Crippen molar-refractivity contribution in [1.82, 2.24) is 0 Å². The minimum Gasteiger partial charge on any atom is -0.126 e. The van der Waals surface area contributed by atoms with Gasteiger partial charge in [0, 0.05) is 5.88 Å². The number of hydrogen-bond donors (Lipinski definition) is 0. The van der Waals surface area contributed by atoms with Crippen molar-refractivity contribution < 1.29 is 0 Å². The zero-order chi connectivity index (χ0) is 8.20. The molecule has 0 N–H and O–H groups in total. The first kappa shape index (κ1) is 10.3. The Morgan fingerprint density at radius 3 is 2.20 bits per heavy atom. The summed E-state index contributed by atoms with van der Waals surface area (Å²) in [5, 5.41) is 0. The molecule has 0 nitrogen and oxygen atoms in total. The number of alkyl halides is 1. The van der Waals surface area contributed by atoms with Gasteiger partial charge in [0.15, 0.2) is 0 Å². The first-order chi connectivity index (χ1) is 4.52. The van der Waals surface area contributed by atoms with Crippen molar-refractivity contribution in [2.45, 2.75) is 40.5 Å². The minimum atomic E-state index is 0.480. The molecule has 0 aromatic heterocycles. The van der Waals surface area contributed by atoms with E-state index in [1.807, 2.05) is 0 Å². The highest BCUT2D eigenvalue weighted by atomic mass is 35.5. The van der Waals surface area contributed by atoms with Crippen LogP contribution in [0.4, 0.5) is 0 Å². The highest BCUT2D eigenvalue weighted by Gasteiger charge is 2.17. The summed E-state index contributed by atoms with van der Waals surface area (Å²) in [5.41, 5.74) is 0.480. The fraction of sp³-hybridized carbons (Fsp3) is 1.00. The van der Waals surface area contributed by atoms with Crippen LogP contribution in [0.5, 0.6) is 0 Å². The van der Waals surface area contributed by atoms with E-state index in [0.717, 1.165) is 5.88 Å². The molecule has 0 fully saturated rings. The van der Waals surface area contributed by atoms with Crippen LogP contribution in [0.2, 0.25) is 0 Å². The van der Waals surface area contributed by atoms with Crippen molar-refractivity contribution in [2.75, 3.05) is 5.88 Å². The molecule has 0 spiro atoms. The summed E-state index contributed by atoms with van der Waals surface area (Å²) >= 11 is 5.72. The van der Waals surface area contributed by atoms with Crippen LogP contribution in [0.3, 0.4) is 0 Å². The van der Waals surface area contributed by atoms with Crippen molar-refractivity contribution in [3.05, 3.63) is 0 Å². The van der Waals surface area contributed by atoms with Gasteiger partial charge in [0.2, 0.25) is 0 Å². The monoisotopic (exact) mass is 162 g/mol. The Balaban J connectivity index is 3.64. The van der Waals surface area contributed by atoms with Gasteiger partial charge in [-0.2, -0.15) is 0 Å². The van der Waals surface area contributed by atoms with Crippen LogP contribution < -0.4 is 0 Å². The van der Waals surface area contributed by atoms with Gasteiger partial charge in [0.25, 0.3) is 0 Å². The third kappa shape index (κ3) is 4.16. The molecule has 0 radical (unpaired) electrons. The van der Waals surface area contributed by atoms with Gasteiger partial charge in [-0.05, 0) is 17.8 Å². The van der Waals surface area contributed by atoms with E-state index in [1.54, 1.807) is 0 Å². The molecule has 0 saturated heterocycles. The predicted octanol–water partition coefficient (Wildman–Crippen LogP) is 3.69. The Labute approximate surface area is 70.0 Å². The van der Waals surface area contributed by atoms with Crippen LogP contribution in [0, 0.1) is 11.3 Å². The van der Waals surface area contributed by atoms with E-state index in [1.165, 1.54) is 12.8 Å². The van der Waals surface area contributed by atoms with E-state index in [0.29, 0.717) is 11.3 Å². The lowest BCUT2D eigenvalue weighted by Gasteiger charge is -2.25. The van der Waals surface area contributed by atoms with Crippen LogP contribution in [0.1, 0.15) is 40.5 Å². The highest BCUT2D eigenvalue weighted by Crippen LogP contribution is 2.28. The van der Waals surface area contributed by atoms with Crippen molar-refractivity contribution in [3.8, 4) is 0 Å². The third-order valence-corrected chi connectivity index (χ3v) is 2.65. The lowest BCUT2D eigenvalue weighted by Crippen LogP contribution is -2.14. The van der Waals surface area contributed by atoms with E-state index < -0.39 is 0 Å². The van der Waals surface area contributed by atoms with E-state index >= 15 is 0 Å². The fourth-order valence-corrected chi connectivity index (χ4v) is 1.25.